The molecule has 0 aromatic rings. The molecule has 1 atom stereocenters. The van der Waals surface area contributed by atoms with Gasteiger partial charge in [0, 0.05) is 38.3 Å². The summed E-state index contributed by atoms with van der Waals surface area (Å²) in [6.07, 6.45) is 3.82. The number of nitrogens with zero attached hydrogens (tertiary/aromatic N) is 1. The first-order valence-electron chi connectivity index (χ1n) is 7.03. The number of hydrogen-bond donors (Lipinski definition) is 1. The molecule has 1 aliphatic carbocycles. The molecule has 4 nitrogen and oxygen atoms in total. The van der Waals surface area contributed by atoms with E-state index in [-0.39, 0.29) is 0 Å². The molecule has 1 aliphatic heterocycles. The van der Waals surface area contributed by atoms with Crippen molar-refractivity contribution in [2.24, 2.45) is 0 Å². The molecular formula is C13H26N2O2. The first kappa shape index (κ1) is 13.3. The zero-order chi connectivity index (χ0) is 11.9. The van der Waals surface area contributed by atoms with Gasteiger partial charge >= 0.3 is 0 Å². The topological polar surface area (TPSA) is 33.7 Å². The summed E-state index contributed by atoms with van der Waals surface area (Å²) in [5, 5.41) is 3.60. The molecule has 1 N–H and O–H groups in total. The second-order valence-electron chi connectivity index (χ2n) is 5.06. The van der Waals surface area contributed by atoms with Crippen LogP contribution in [0.5, 0.6) is 0 Å². The largest absolute Gasteiger partial charge is 0.380 e. The van der Waals surface area contributed by atoms with E-state index < -0.39 is 0 Å². The summed E-state index contributed by atoms with van der Waals surface area (Å²) in [7, 11) is 0. The molecule has 1 unspecified atom stereocenters. The van der Waals surface area contributed by atoms with Crippen LogP contribution in [0.2, 0.25) is 0 Å². The second kappa shape index (κ2) is 7.31. The highest BCUT2D eigenvalue weighted by molar-refractivity contribution is 4.85. The zero-order valence-electron chi connectivity index (χ0n) is 11.0. The van der Waals surface area contributed by atoms with Gasteiger partial charge in [0.05, 0.1) is 19.8 Å². The van der Waals surface area contributed by atoms with Crippen molar-refractivity contribution in [1.29, 1.82) is 0 Å². The smallest absolute Gasteiger partial charge is 0.0634 e. The van der Waals surface area contributed by atoms with Gasteiger partial charge in [0.25, 0.3) is 0 Å². The van der Waals surface area contributed by atoms with E-state index in [0.29, 0.717) is 6.04 Å². The van der Waals surface area contributed by atoms with E-state index in [1.165, 1.54) is 12.8 Å². The van der Waals surface area contributed by atoms with Crippen LogP contribution in [0.15, 0.2) is 0 Å². The third-order valence-corrected chi connectivity index (χ3v) is 3.44. The van der Waals surface area contributed by atoms with E-state index >= 15 is 0 Å². The highest BCUT2D eigenvalue weighted by atomic mass is 16.5. The van der Waals surface area contributed by atoms with Gasteiger partial charge in [-0.05, 0) is 19.3 Å². The third kappa shape index (κ3) is 4.92. The Labute approximate surface area is 105 Å². The second-order valence-corrected chi connectivity index (χ2v) is 5.06. The van der Waals surface area contributed by atoms with Gasteiger partial charge in [-0.3, -0.25) is 4.90 Å². The maximum atomic E-state index is 5.57. The lowest BCUT2D eigenvalue weighted by atomic mass is 10.2. The number of morpholine rings is 1. The standard InChI is InChI=1S/C13H26N2O2/c1-2-7-16-8-5-15-6-9-17-11-13(15)10-14-12-3-4-12/h12-14H,2-11H2,1H3. The maximum absolute atomic E-state index is 5.57. The van der Waals surface area contributed by atoms with Gasteiger partial charge in [-0.15, -0.1) is 0 Å². The van der Waals surface area contributed by atoms with Crippen molar-refractivity contribution in [3.8, 4) is 0 Å². The lowest BCUT2D eigenvalue weighted by molar-refractivity contribution is -0.0196. The maximum Gasteiger partial charge on any atom is 0.0634 e. The van der Waals surface area contributed by atoms with E-state index in [4.69, 9.17) is 9.47 Å². The summed E-state index contributed by atoms with van der Waals surface area (Å²) in [5.41, 5.74) is 0. The van der Waals surface area contributed by atoms with Crippen LogP contribution < -0.4 is 5.32 Å². The summed E-state index contributed by atoms with van der Waals surface area (Å²) in [6.45, 7) is 8.78. The van der Waals surface area contributed by atoms with Crippen LogP contribution in [0.3, 0.4) is 0 Å². The van der Waals surface area contributed by atoms with E-state index in [1.807, 2.05) is 0 Å². The lowest BCUT2D eigenvalue weighted by Gasteiger charge is -2.35. The predicted octanol–water partition coefficient (Wildman–Crippen LogP) is 0.866. The molecule has 0 amide bonds. The van der Waals surface area contributed by atoms with Crippen molar-refractivity contribution >= 4 is 0 Å². The van der Waals surface area contributed by atoms with Crippen LogP contribution in [0, 0.1) is 0 Å². The van der Waals surface area contributed by atoms with Crippen LogP contribution in [0.4, 0.5) is 0 Å². The van der Waals surface area contributed by atoms with Gasteiger partial charge in [0.2, 0.25) is 0 Å². The number of rotatable bonds is 8. The summed E-state index contributed by atoms with van der Waals surface area (Å²) >= 11 is 0. The molecular weight excluding hydrogens is 216 g/mol. The van der Waals surface area contributed by atoms with Gasteiger partial charge in [0.1, 0.15) is 0 Å². The summed E-state index contributed by atoms with van der Waals surface area (Å²) in [6, 6.07) is 1.32. The van der Waals surface area contributed by atoms with Gasteiger partial charge in [-0.25, -0.2) is 0 Å². The predicted molar refractivity (Wildman–Crippen MR) is 68.3 cm³/mol. The zero-order valence-corrected chi connectivity index (χ0v) is 11.0. The summed E-state index contributed by atoms with van der Waals surface area (Å²) in [5.74, 6) is 0. The first-order valence-corrected chi connectivity index (χ1v) is 7.03. The van der Waals surface area contributed by atoms with E-state index in [9.17, 15) is 0 Å². The SMILES string of the molecule is CCCOCCN1CCOCC1CNC1CC1. The van der Waals surface area contributed by atoms with Gasteiger partial charge in [-0.2, -0.15) is 0 Å². The Morgan fingerprint density at radius 3 is 3.00 bits per heavy atom. The molecule has 2 aliphatic rings. The van der Waals surface area contributed by atoms with E-state index in [0.717, 1.165) is 58.5 Å². The monoisotopic (exact) mass is 242 g/mol. The fourth-order valence-electron chi connectivity index (χ4n) is 2.19. The Hall–Kier alpha value is -0.160. The minimum absolute atomic E-state index is 0.537. The molecule has 0 radical (unpaired) electrons. The van der Waals surface area contributed by atoms with Crippen molar-refractivity contribution in [2.45, 2.75) is 38.3 Å². The van der Waals surface area contributed by atoms with Crippen molar-refractivity contribution < 1.29 is 9.47 Å². The van der Waals surface area contributed by atoms with Crippen LogP contribution in [-0.2, 0) is 9.47 Å². The molecule has 0 spiro atoms. The molecule has 0 aromatic heterocycles. The van der Waals surface area contributed by atoms with Crippen molar-refractivity contribution in [2.75, 3.05) is 46.1 Å². The van der Waals surface area contributed by atoms with Crippen LogP contribution >= 0.6 is 0 Å². The third-order valence-electron chi connectivity index (χ3n) is 3.44. The average molecular weight is 242 g/mol. The average Bonchev–Trinajstić information content (AvgIpc) is 3.17. The molecule has 100 valence electrons. The Morgan fingerprint density at radius 2 is 2.24 bits per heavy atom. The molecule has 4 heteroatoms. The van der Waals surface area contributed by atoms with Crippen molar-refractivity contribution in [3.63, 3.8) is 0 Å². The number of hydrogen-bond acceptors (Lipinski definition) is 4. The van der Waals surface area contributed by atoms with Crippen molar-refractivity contribution in [3.05, 3.63) is 0 Å². The quantitative estimate of drug-likeness (QED) is 0.640. The molecule has 2 fully saturated rings. The van der Waals surface area contributed by atoms with E-state index in [1.54, 1.807) is 0 Å². The van der Waals surface area contributed by atoms with Gasteiger partial charge < -0.3 is 14.8 Å². The molecule has 1 saturated carbocycles. The fraction of sp³-hybridized carbons (Fsp3) is 1.00. The minimum Gasteiger partial charge on any atom is -0.380 e. The molecule has 0 aromatic carbocycles. The first-order chi connectivity index (χ1) is 8.40. The normalized spacial score (nSPS) is 26.3. The van der Waals surface area contributed by atoms with Crippen LogP contribution in [0.1, 0.15) is 26.2 Å². The minimum atomic E-state index is 0.537. The Morgan fingerprint density at radius 1 is 1.35 bits per heavy atom. The molecule has 0 bridgehead atoms. The fourth-order valence-corrected chi connectivity index (χ4v) is 2.19. The summed E-state index contributed by atoms with van der Waals surface area (Å²) in [4.78, 5) is 2.51. The Balaban J connectivity index is 1.63. The van der Waals surface area contributed by atoms with Gasteiger partial charge in [0.15, 0.2) is 0 Å². The van der Waals surface area contributed by atoms with Crippen LogP contribution in [0.25, 0.3) is 0 Å². The Bertz CT molecular complexity index is 210. The highest BCUT2D eigenvalue weighted by Crippen LogP contribution is 2.19. The summed E-state index contributed by atoms with van der Waals surface area (Å²) < 4.78 is 11.1. The van der Waals surface area contributed by atoms with E-state index in [2.05, 4.69) is 17.1 Å². The molecule has 1 saturated heterocycles. The number of nitrogens with one attached hydrogen (secondary N) is 1. The number of ether oxygens (including phenoxy) is 2. The lowest BCUT2D eigenvalue weighted by Crippen LogP contribution is -2.51. The van der Waals surface area contributed by atoms with Crippen molar-refractivity contribution in [1.82, 2.24) is 10.2 Å². The molecule has 1 heterocycles. The highest BCUT2D eigenvalue weighted by Gasteiger charge is 2.26. The molecule has 17 heavy (non-hydrogen) atoms. The van der Waals surface area contributed by atoms with Gasteiger partial charge in [-0.1, -0.05) is 6.92 Å². The molecule has 2 rings (SSSR count). The Kier molecular flexibility index (Phi) is 5.71. The van der Waals surface area contributed by atoms with Crippen LogP contribution in [-0.4, -0.2) is 63.0 Å².